The molecule has 0 heteroatoms. The maximum absolute atomic E-state index is 2.45. The summed E-state index contributed by atoms with van der Waals surface area (Å²) < 4.78 is 0. The minimum Gasteiger partial charge on any atom is -0.0616 e. The maximum Gasteiger partial charge on any atom is -0.00260 e. The van der Waals surface area contributed by atoms with E-state index in [1.807, 2.05) is 0 Å². The summed E-state index contributed by atoms with van der Waals surface area (Å²) in [6.07, 6.45) is 0. The van der Waals surface area contributed by atoms with E-state index in [-0.39, 0.29) is 10.8 Å². The minimum absolute atomic E-state index is 0.0465. The molecule has 0 saturated carbocycles. The predicted molar refractivity (Wildman–Crippen MR) is 193 cm³/mol. The SMILES string of the molecule is CC(C)(C)c1ccc(-c2ccc(-c3c4ccccc4c(-c4ccc5ccccc5c4)c4cc(C(C)(C)C)ccc34)cc2)cc1. The van der Waals surface area contributed by atoms with Crippen molar-refractivity contribution in [1.29, 1.82) is 0 Å². The molecule has 7 aromatic rings. The van der Waals surface area contributed by atoms with Crippen molar-refractivity contribution >= 4 is 32.3 Å². The van der Waals surface area contributed by atoms with Crippen molar-refractivity contribution in [2.75, 3.05) is 0 Å². The molecule has 0 nitrogen and oxygen atoms in total. The first kappa shape index (κ1) is 28.1. The van der Waals surface area contributed by atoms with Gasteiger partial charge in [-0.15, -0.1) is 0 Å². The number of fused-ring (bicyclic) bond motifs is 3. The molecule has 0 aliphatic carbocycles. The minimum atomic E-state index is 0.0465. The van der Waals surface area contributed by atoms with E-state index >= 15 is 0 Å². The fourth-order valence-corrected chi connectivity index (χ4v) is 6.60. The largest absolute Gasteiger partial charge is 0.0616 e. The van der Waals surface area contributed by atoms with Crippen LogP contribution in [-0.4, -0.2) is 0 Å². The molecule has 0 atom stereocenters. The molecule has 0 aliphatic rings. The molecule has 0 amide bonds. The van der Waals surface area contributed by atoms with Crippen LogP contribution in [0.3, 0.4) is 0 Å². The number of hydrogen-bond donors (Lipinski definition) is 0. The number of rotatable bonds is 3. The Morgan fingerprint density at radius 2 is 0.773 bits per heavy atom. The Bertz CT molecular complexity index is 2150. The second kappa shape index (κ2) is 10.5. The highest BCUT2D eigenvalue weighted by molar-refractivity contribution is 6.21. The molecule has 44 heavy (non-hydrogen) atoms. The van der Waals surface area contributed by atoms with E-state index < -0.39 is 0 Å². The van der Waals surface area contributed by atoms with E-state index in [0.29, 0.717) is 0 Å². The first-order chi connectivity index (χ1) is 21.1. The topological polar surface area (TPSA) is 0 Å². The Labute approximate surface area is 262 Å². The molecule has 0 heterocycles. The summed E-state index contributed by atoms with van der Waals surface area (Å²) in [5.41, 5.74) is 10.5. The van der Waals surface area contributed by atoms with Gasteiger partial charge < -0.3 is 0 Å². The fourth-order valence-electron chi connectivity index (χ4n) is 6.60. The van der Waals surface area contributed by atoms with Crippen LogP contribution in [0.4, 0.5) is 0 Å². The summed E-state index contributed by atoms with van der Waals surface area (Å²) in [5.74, 6) is 0. The quantitative estimate of drug-likeness (QED) is 0.186. The van der Waals surface area contributed by atoms with Crippen LogP contribution in [-0.2, 0) is 10.8 Å². The Kier molecular flexibility index (Phi) is 6.70. The third kappa shape index (κ3) is 4.99. The van der Waals surface area contributed by atoms with Crippen LogP contribution < -0.4 is 0 Å². The molecule has 0 aliphatic heterocycles. The smallest absolute Gasteiger partial charge is 0.00260 e. The zero-order valence-corrected chi connectivity index (χ0v) is 26.7. The van der Waals surface area contributed by atoms with Crippen LogP contribution >= 0.6 is 0 Å². The van der Waals surface area contributed by atoms with Crippen LogP contribution in [0, 0.1) is 0 Å². The lowest BCUT2D eigenvalue weighted by molar-refractivity contribution is 0.590. The van der Waals surface area contributed by atoms with Gasteiger partial charge in [0.15, 0.2) is 0 Å². The van der Waals surface area contributed by atoms with E-state index in [1.54, 1.807) is 0 Å². The number of hydrogen-bond acceptors (Lipinski definition) is 0. The molecule has 0 radical (unpaired) electrons. The van der Waals surface area contributed by atoms with Crippen LogP contribution in [0.15, 0.2) is 133 Å². The zero-order chi connectivity index (χ0) is 30.6. The average Bonchev–Trinajstić information content (AvgIpc) is 3.02. The van der Waals surface area contributed by atoms with Crippen LogP contribution in [0.25, 0.3) is 65.7 Å². The van der Waals surface area contributed by atoms with Crippen molar-refractivity contribution in [2.24, 2.45) is 0 Å². The maximum atomic E-state index is 2.45. The summed E-state index contributed by atoms with van der Waals surface area (Å²) in [4.78, 5) is 0. The molecule has 0 saturated heterocycles. The van der Waals surface area contributed by atoms with Gasteiger partial charge in [-0.2, -0.15) is 0 Å². The molecular weight excluding hydrogens is 528 g/mol. The lowest BCUT2D eigenvalue weighted by Crippen LogP contribution is -2.10. The van der Waals surface area contributed by atoms with Crippen LogP contribution in [0.1, 0.15) is 52.7 Å². The van der Waals surface area contributed by atoms with Crippen LogP contribution in [0.5, 0.6) is 0 Å². The third-order valence-corrected chi connectivity index (χ3v) is 9.19. The van der Waals surface area contributed by atoms with Crippen molar-refractivity contribution < 1.29 is 0 Å². The Morgan fingerprint density at radius 3 is 1.39 bits per heavy atom. The summed E-state index contributed by atoms with van der Waals surface area (Å²) >= 11 is 0. The summed E-state index contributed by atoms with van der Waals surface area (Å²) in [5, 5.41) is 7.71. The van der Waals surface area contributed by atoms with Crippen molar-refractivity contribution in [3.8, 4) is 33.4 Å². The molecule has 7 rings (SSSR count). The lowest BCUT2D eigenvalue weighted by Gasteiger charge is -2.23. The first-order valence-corrected chi connectivity index (χ1v) is 15.8. The van der Waals surface area contributed by atoms with E-state index in [4.69, 9.17) is 0 Å². The Hall–Kier alpha value is -4.68. The molecule has 0 fully saturated rings. The lowest BCUT2D eigenvalue weighted by atomic mass is 9.81. The van der Waals surface area contributed by atoms with Gasteiger partial charge in [0.05, 0.1) is 0 Å². The van der Waals surface area contributed by atoms with Crippen molar-refractivity contribution in [1.82, 2.24) is 0 Å². The van der Waals surface area contributed by atoms with Crippen molar-refractivity contribution in [3.05, 3.63) is 145 Å². The second-order valence-corrected chi connectivity index (χ2v) is 14.3. The second-order valence-electron chi connectivity index (χ2n) is 14.3. The normalized spacial score (nSPS) is 12.3. The molecular formula is C44H40. The van der Waals surface area contributed by atoms with Gasteiger partial charge in [-0.3, -0.25) is 0 Å². The van der Waals surface area contributed by atoms with Gasteiger partial charge in [-0.1, -0.05) is 163 Å². The van der Waals surface area contributed by atoms with Gasteiger partial charge in [-0.25, -0.2) is 0 Å². The van der Waals surface area contributed by atoms with Gasteiger partial charge >= 0.3 is 0 Å². The standard InChI is InChI=1S/C44H40/c1-43(2,3)35-23-21-31(22-24-35)30-15-18-32(19-16-30)41-37-13-9-10-14-38(37)42(34-20-17-29-11-7-8-12-33(29)27-34)40-28-36(44(4,5)6)25-26-39(40)41/h7-28H,1-6H3. The number of benzene rings is 7. The highest BCUT2D eigenvalue weighted by Crippen LogP contribution is 2.45. The van der Waals surface area contributed by atoms with Gasteiger partial charge in [0.25, 0.3) is 0 Å². The van der Waals surface area contributed by atoms with E-state index in [2.05, 4.69) is 175 Å². The molecule has 7 aromatic carbocycles. The Morgan fingerprint density at radius 1 is 0.318 bits per heavy atom. The summed E-state index contributed by atoms with van der Waals surface area (Å²) in [7, 11) is 0. The molecule has 0 bridgehead atoms. The zero-order valence-electron chi connectivity index (χ0n) is 26.7. The van der Waals surface area contributed by atoms with E-state index in [1.165, 1.54) is 76.8 Å². The molecule has 0 N–H and O–H groups in total. The average molecular weight is 569 g/mol. The van der Waals surface area contributed by atoms with Crippen molar-refractivity contribution in [2.45, 2.75) is 52.4 Å². The fraction of sp³-hybridized carbons (Fsp3) is 0.182. The van der Waals surface area contributed by atoms with Gasteiger partial charge in [0, 0.05) is 0 Å². The Balaban J connectivity index is 1.46. The van der Waals surface area contributed by atoms with Gasteiger partial charge in [-0.05, 0) is 99.8 Å². The highest BCUT2D eigenvalue weighted by Gasteiger charge is 2.21. The van der Waals surface area contributed by atoms with Gasteiger partial charge in [0.1, 0.15) is 0 Å². The predicted octanol–water partition coefficient (Wildman–Crippen LogP) is 12.7. The van der Waals surface area contributed by atoms with Crippen LogP contribution in [0.2, 0.25) is 0 Å². The third-order valence-electron chi connectivity index (χ3n) is 9.19. The van der Waals surface area contributed by atoms with E-state index in [0.717, 1.165) is 0 Å². The molecule has 0 aromatic heterocycles. The van der Waals surface area contributed by atoms with Gasteiger partial charge in [0.2, 0.25) is 0 Å². The molecule has 0 spiro atoms. The highest BCUT2D eigenvalue weighted by atomic mass is 14.2. The summed E-state index contributed by atoms with van der Waals surface area (Å²) in [6, 6.07) is 49.9. The van der Waals surface area contributed by atoms with E-state index in [9.17, 15) is 0 Å². The first-order valence-electron chi connectivity index (χ1n) is 15.8. The summed E-state index contributed by atoms with van der Waals surface area (Å²) in [6.45, 7) is 13.7. The monoisotopic (exact) mass is 568 g/mol. The van der Waals surface area contributed by atoms with Crippen molar-refractivity contribution in [3.63, 3.8) is 0 Å². The molecule has 216 valence electrons. The molecule has 0 unspecified atom stereocenters.